The van der Waals surface area contributed by atoms with Gasteiger partial charge in [-0.3, -0.25) is 4.68 Å². The van der Waals surface area contributed by atoms with Crippen LogP contribution in [0.25, 0.3) is 21.7 Å². The molecule has 102 valence electrons. The molecular formula is C14H11Cl2N3S. The zero-order chi connectivity index (χ0) is 14.3. The van der Waals surface area contributed by atoms with E-state index in [2.05, 4.69) is 5.10 Å². The summed E-state index contributed by atoms with van der Waals surface area (Å²) in [5, 5.41) is 7.72. The van der Waals surface area contributed by atoms with Crippen LogP contribution in [0.5, 0.6) is 0 Å². The molecule has 0 unspecified atom stereocenters. The maximum absolute atomic E-state index is 6.28. The summed E-state index contributed by atoms with van der Waals surface area (Å²) in [5.41, 5.74) is 8.58. The van der Waals surface area contributed by atoms with Crippen molar-refractivity contribution in [3.8, 4) is 21.7 Å². The van der Waals surface area contributed by atoms with Gasteiger partial charge in [-0.15, -0.1) is 11.3 Å². The first-order chi connectivity index (χ1) is 9.58. The Morgan fingerprint density at radius 1 is 1.25 bits per heavy atom. The molecule has 2 heterocycles. The van der Waals surface area contributed by atoms with Crippen LogP contribution in [0.3, 0.4) is 0 Å². The highest BCUT2D eigenvalue weighted by Crippen LogP contribution is 2.41. The number of aromatic nitrogens is 2. The summed E-state index contributed by atoms with van der Waals surface area (Å²) in [6.45, 7) is 0. The highest BCUT2D eigenvalue weighted by molar-refractivity contribution is 7.13. The summed E-state index contributed by atoms with van der Waals surface area (Å²) in [5.74, 6) is 0.610. The van der Waals surface area contributed by atoms with E-state index in [4.69, 9.17) is 28.9 Å². The minimum Gasteiger partial charge on any atom is -0.383 e. The molecule has 0 aliphatic heterocycles. The van der Waals surface area contributed by atoms with Gasteiger partial charge in [-0.05, 0) is 29.6 Å². The fraction of sp³-hybridized carbons (Fsp3) is 0.0714. The van der Waals surface area contributed by atoms with Crippen LogP contribution in [-0.2, 0) is 7.05 Å². The van der Waals surface area contributed by atoms with Crippen molar-refractivity contribution in [2.24, 2.45) is 7.05 Å². The maximum Gasteiger partial charge on any atom is 0.130 e. The van der Waals surface area contributed by atoms with E-state index in [1.807, 2.05) is 30.6 Å². The zero-order valence-corrected chi connectivity index (χ0v) is 12.9. The van der Waals surface area contributed by atoms with Crippen LogP contribution in [0.2, 0.25) is 10.0 Å². The summed E-state index contributed by atoms with van der Waals surface area (Å²) in [4.78, 5) is 1.06. The zero-order valence-electron chi connectivity index (χ0n) is 10.6. The number of nitrogens with two attached hydrogens (primary N) is 1. The number of halogens is 2. The Morgan fingerprint density at radius 3 is 2.75 bits per heavy atom. The molecule has 20 heavy (non-hydrogen) atoms. The van der Waals surface area contributed by atoms with E-state index in [0.29, 0.717) is 15.9 Å². The number of benzene rings is 1. The van der Waals surface area contributed by atoms with E-state index in [9.17, 15) is 0 Å². The van der Waals surface area contributed by atoms with Crippen LogP contribution in [-0.4, -0.2) is 9.78 Å². The lowest BCUT2D eigenvalue weighted by Gasteiger charge is -2.04. The molecule has 0 aliphatic carbocycles. The van der Waals surface area contributed by atoms with Gasteiger partial charge < -0.3 is 5.73 Å². The summed E-state index contributed by atoms with van der Waals surface area (Å²) < 4.78 is 1.65. The summed E-state index contributed by atoms with van der Waals surface area (Å²) >= 11 is 14.0. The van der Waals surface area contributed by atoms with Gasteiger partial charge in [0.05, 0.1) is 10.6 Å². The van der Waals surface area contributed by atoms with Gasteiger partial charge in [0.2, 0.25) is 0 Å². The van der Waals surface area contributed by atoms with E-state index in [0.717, 1.165) is 21.7 Å². The van der Waals surface area contributed by atoms with Gasteiger partial charge in [0, 0.05) is 22.5 Å². The first-order valence-electron chi connectivity index (χ1n) is 5.89. The normalized spacial score (nSPS) is 10.9. The number of hydrogen-bond donors (Lipinski definition) is 1. The molecule has 0 spiro atoms. The molecule has 1 aromatic carbocycles. The Balaban J connectivity index is 2.30. The van der Waals surface area contributed by atoms with E-state index in [1.54, 1.807) is 28.2 Å². The molecule has 0 saturated carbocycles. The lowest BCUT2D eigenvalue weighted by Crippen LogP contribution is -1.97. The average molecular weight is 324 g/mol. The summed E-state index contributed by atoms with van der Waals surface area (Å²) in [7, 11) is 1.81. The molecule has 0 atom stereocenters. The van der Waals surface area contributed by atoms with Gasteiger partial charge >= 0.3 is 0 Å². The van der Waals surface area contributed by atoms with Crippen LogP contribution >= 0.6 is 34.5 Å². The quantitative estimate of drug-likeness (QED) is 0.742. The Bertz CT molecular complexity index is 763. The Morgan fingerprint density at radius 2 is 2.05 bits per heavy atom. The molecule has 0 aliphatic rings. The van der Waals surface area contributed by atoms with Crippen LogP contribution in [0, 0.1) is 0 Å². The predicted octanol–water partition coefficient (Wildman–Crippen LogP) is 4.70. The topological polar surface area (TPSA) is 43.8 Å². The van der Waals surface area contributed by atoms with Gasteiger partial charge in [0.25, 0.3) is 0 Å². The number of hydrogen-bond acceptors (Lipinski definition) is 3. The number of nitrogens with zero attached hydrogens (tertiary/aromatic N) is 2. The van der Waals surface area contributed by atoms with Gasteiger partial charge in [-0.1, -0.05) is 29.3 Å². The SMILES string of the molecule is Cn1nc(-c2cc(Cl)ccc2Cl)c(-c2cccs2)c1N. The molecule has 3 rings (SSSR count). The predicted molar refractivity (Wildman–Crippen MR) is 86.4 cm³/mol. The minimum atomic E-state index is 0.602. The number of thiophene rings is 1. The molecule has 2 N–H and O–H groups in total. The fourth-order valence-corrected chi connectivity index (χ4v) is 3.23. The summed E-state index contributed by atoms with van der Waals surface area (Å²) in [6, 6.07) is 9.32. The molecule has 0 radical (unpaired) electrons. The van der Waals surface area contributed by atoms with Crippen molar-refractivity contribution < 1.29 is 0 Å². The molecule has 6 heteroatoms. The minimum absolute atomic E-state index is 0.602. The molecule has 3 nitrogen and oxygen atoms in total. The molecule has 0 saturated heterocycles. The van der Waals surface area contributed by atoms with Crippen molar-refractivity contribution in [2.75, 3.05) is 5.73 Å². The molecular weight excluding hydrogens is 313 g/mol. The smallest absolute Gasteiger partial charge is 0.130 e. The van der Waals surface area contributed by atoms with Crippen molar-refractivity contribution in [2.45, 2.75) is 0 Å². The standard InChI is InChI=1S/C14H11Cl2N3S/c1-19-14(17)12(11-3-2-6-20-11)13(18-19)9-7-8(15)4-5-10(9)16/h2-7H,17H2,1H3. The Kier molecular flexibility index (Phi) is 3.46. The summed E-state index contributed by atoms with van der Waals surface area (Å²) in [6.07, 6.45) is 0. The van der Waals surface area contributed by atoms with Gasteiger partial charge in [-0.25, -0.2) is 0 Å². The van der Waals surface area contributed by atoms with Gasteiger partial charge in [0.15, 0.2) is 0 Å². The molecule has 0 fully saturated rings. The first-order valence-corrected chi connectivity index (χ1v) is 7.53. The number of rotatable bonds is 2. The van der Waals surface area contributed by atoms with E-state index in [1.165, 1.54) is 0 Å². The second-order valence-corrected chi connectivity index (χ2v) is 6.13. The number of aryl methyl sites for hydroxylation is 1. The molecule has 2 aromatic heterocycles. The third kappa shape index (κ3) is 2.20. The van der Waals surface area contributed by atoms with Crippen molar-refractivity contribution in [1.29, 1.82) is 0 Å². The van der Waals surface area contributed by atoms with Crippen LogP contribution < -0.4 is 5.73 Å². The van der Waals surface area contributed by atoms with Crippen LogP contribution in [0.4, 0.5) is 5.82 Å². The third-order valence-corrected chi connectivity index (χ3v) is 4.49. The Hall–Kier alpha value is -1.49. The van der Waals surface area contributed by atoms with E-state index in [-0.39, 0.29) is 0 Å². The highest BCUT2D eigenvalue weighted by Gasteiger charge is 2.20. The third-order valence-electron chi connectivity index (χ3n) is 3.04. The van der Waals surface area contributed by atoms with E-state index < -0.39 is 0 Å². The monoisotopic (exact) mass is 323 g/mol. The highest BCUT2D eigenvalue weighted by atomic mass is 35.5. The maximum atomic E-state index is 6.28. The lowest BCUT2D eigenvalue weighted by molar-refractivity contribution is 0.782. The molecule has 0 bridgehead atoms. The van der Waals surface area contributed by atoms with Crippen LogP contribution in [0.1, 0.15) is 0 Å². The van der Waals surface area contributed by atoms with Crippen LogP contribution in [0.15, 0.2) is 35.7 Å². The fourth-order valence-electron chi connectivity index (χ4n) is 2.07. The molecule has 3 aromatic rings. The number of nitrogen functional groups attached to an aromatic ring is 1. The average Bonchev–Trinajstić information content (AvgIpc) is 3.02. The number of anilines is 1. The van der Waals surface area contributed by atoms with Gasteiger partial charge in [0.1, 0.15) is 11.5 Å². The van der Waals surface area contributed by atoms with Gasteiger partial charge in [-0.2, -0.15) is 5.10 Å². The second kappa shape index (κ2) is 5.13. The van der Waals surface area contributed by atoms with Crippen molar-refractivity contribution in [3.05, 3.63) is 45.8 Å². The van der Waals surface area contributed by atoms with E-state index >= 15 is 0 Å². The lowest BCUT2D eigenvalue weighted by atomic mass is 10.1. The first kappa shape index (κ1) is 13.5. The second-order valence-electron chi connectivity index (χ2n) is 4.33. The Labute approximate surface area is 130 Å². The van der Waals surface area contributed by atoms with Crippen molar-refractivity contribution in [3.63, 3.8) is 0 Å². The molecule has 0 amide bonds. The van der Waals surface area contributed by atoms with Crippen molar-refractivity contribution in [1.82, 2.24) is 9.78 Å². The largest absolute Gasteiger partial charge is 0.383 e. The van der Waals surface area contributed by atoms with Crippen molar-refractivity contribution >= 4 is 40.4 Å².